The van der Waals surface area contributed by atoms with Crippen LogP contribution in [0.25, 0.3) is 0 Å². The molecule has 1 atom stereocenters. The van der Waals surface area contributed by atoms with Crippen molar-refractivity contribution < 1.29 is 17.9 Å². The van der Waals surface area contributed by atoms with Crippen molar-refractivity contribution in [2.75, 3.05) is 6.61 Å². The molecule has 0 bridgehead atoms. The normalized spacial score (nSPS) is 13.6. The van der Waals surface area contributed by atoms with E-state index in [9.17, 15) is 13.2 Å². The second-order valence-electron chi connectivity index (χ2n) is 3.23. The lowest BCUT2D eigenvalue weighted by molar-refractivity contribution is -0.132. The van der Waals surface area contributed by atoms with Crippen molar-refractivity contribution in [1.82, 2.24) is 0 Å². The van der Waals surface area contributed by atoms with Gasteiger partial charge in [0.25, 0.3) is 0 Å². The first-order chi connectivity index (χ1) is 7.30. The molecule has 90 valence electrons. The Morgan fingerprint density at radius 2 is 2.06 bits per heavy atom. The summed E-state index contributed by atoms with van der Waals surface area (Å²) in [5.74, 6) is 0.401. The summed E-state index contributed by atoms with van der Waals surface area (Å²) in [6.45, 7) is 1.25. The van der Waals surface area contributed by atoms with E-state index < -0.39 is 17.6 Å². The number of alkyl halides is 4. The smallest absolute Gasteiger partial charge is 0.404 e. The Balaban J connectivity index is 2.62. The van der Waals surface area contributed by atoms with Gasteiger partial charge in [0.05, 0.1) is 0 Å². The van der Waals surface area contributed by atoms with E-state index in [4.69, 9.17) is 16.3 Å². The Bertz CT molecular complexity index is 368. The number of benzene rings is 1. The van der Waals surface area contributed by atoms with Crippen LogP contribution < -0.4 is 4.74 Å². The van der Waals surface area contributed by atoms with Crippen LogP contribution in [0, 0.1) is 6.92 Å². The minimum absolute atomic E-state index is 0.401. The quantitative estimate of drug-likeness (QED) is 0.753. The van der Waals surface area contributed by atoms with Gasteiger partial charge in [0.15, 0.2) is 0 Å². The van der Waals surface area contributed by atoms with Crippen molar-refractivity contribution >= 4 is 27.5 Å². The van der Waals surface area contributed by atoms with Crippen molar-refractivity contribution in [1.29, 1.82) is 0 Å². The summed E-state index contributed by atoms with van der Waals surface area (Å²) in [5, 5.41) is 0.524. The lowest BCUT2D eigenvalue weighted by atomic mass is 10.2. The first-order valence-electron chi connectivity index (χ1n) is 4.40. The van der Waals surface area contributed by atoms with E-state index in [1.54, 1.807) is 25.1 Å². The highest BCUT2D eigenvalue weighted by atomic mass is 79.9. The highest BCUT2D eigenvalue weighted by molar-refractivity contribution is 9.09. The third-order valence-corrected chi connectivity index (χ3v) is 2.90. The van der Waals surface area contributed by atoms with E-state index in [0.29, 0.717) is 16.3 Å². The Hall–Kier alpha value is -0.420. The van der Waals surface area contributed by atoms with Gasteiger partial charge in [0, 0.05) is 5.02 Å². The van der Waals surface area contributed by atoms with E-state index in [-0.39, 0.29) is 0 Å². The molecule has 0 amide bonds. The van der Waals surface area contributed by atoms with Crippen LogP contribution >= 0.6 is 27.5 Å². The maximum atomic E-state index is 12.2. The lowest BCUT2D eigenvalue weighted by Crippen LogP contribution is -2.28. The summed E-state index contributed by atoms with van der Waals surface area (Å²) >= 11 is 8.23. The maximum absolute atomic E-state index is 12.2. The molecule has 1 aromatic rings. The fourth-order valence-corrected chi connectivity index (χ4v) is 1.39. The average Bonchev–Trinajstić information content (AvgIpc) is 2.14. The SMILES string of the molecule is Cc1cc(Cl)ccc1OCC(Br)C(F)(F)F. The molecule has 1 nitrogen and oxygen atoms in total. The maximum Gasteiger partial charge on any atom is 0.404 e. The number of ether oxygens (including phenoxy) is 1. The highest BCUT2D eigenvalue weighted by Gasteiger charge is 2.38. The minimum atomic E-state index is -4.31. The predicted molar refractivity (Wildman–Crippen MR) is 60.5 cm³/mol. The zero-order chi connectivity index (χ0) is 12.3. The topological polar surface area (TPSA) is 9.23 Å². The summed E-state index contributed by atoms with van der Waals surface area (Å²) in [7, 11) is 0. The van der Waals surface area contributed by atoms with Crippen LogP contribution in [0.4, 0.5) is 13.2 Å². The molecular formula is C10H9BrClF3O. The fraction of sp³-hybridized carbons (Fsp3) is 0.400. The van der Waals surface area contributed by atoms with Gasteiger partial charge in [-0.2, -0.15) is 13.2 Å². The molecule has 16 heavy (non-hydrogen) atoms. The average molecular weight is 318 g/mol. The van der Waals surface area contributed by atoms with Crippen molar-refractivity contribution in [3.8, 4) is 5.75 Å². The van der Waals surface area contributed by atoms with Crippen molar-refractivity contribution in [3.63, 3.8) is 0 Å². The molecule has 6 heteroatoms. The first-order valence-corrected chi connectivity index (χ1v) is 5.70. The van der Waals surface area contributed by atoms with E-state index in [1.165, 1.54) is 0 Å². The summed E-state index contributed by atoms with van der Waals surface area (Å²) in [5.41, 5.74) is 0.703. The fourth-order valence-electron chi connectivity index (χ4n) is 1.03. The molecule has 0 saturated heterocycles. The molecule has 0 radical (unpaired) electrons. The standard InChI is InChI=1S/C10H9BrClF3O/c1-6-4-7(12)2-3-8(6)16-5-9(11)10(13,14)15/h2-4,9H,5H2,1H3. The molecule has 1 aromatic carbocycles. The monoisotopic (exact) mass is 316 g/mol. The first kappa shape index (κ1) is 13.6. The molecule has 1 rings (SSSR count). The largest absolute Gasteiger partial charge is 0.492 e. The molecule has 0 aliphatic rings. The molecule has 0 spiro atoms. The van der Waals surface area contributed by atoms with Crippen LogP contribution in [-0.2, 0) is 0 Å². The molecule has 0 aliphatic carbocycles. The molecule has 0 saturated carbocycles. The number of aryl methyl sites for hydroxylation is 1. The second-order valence-corrected chi connectivity index (χ2v) is 4.77. The van der Waals surface area contributed by atoms with Crippen molar-refractivity contribution in [2.45, 2.75) is 17.9 Å². The summed E-state index contributed by atoms with van der Waals surface area (Å²) in [6.07, 6.45) is -4.31. The lowest BCUT2D eigenvalue weighted by Gasteiger charge is -2.15. The third kappa shape index (κ3) is 3.87. The van der Waals surface area contributed by atoms with Gasteiger partial charge >= 0.3 is 6.18 Å². The Morgan fingerprint density at radius 1 is 1.44 bits per heavy atom. The molecule has 1 unspecified atom stereocenters. The van der Waals surface area contributed by atoms with Gasteiger partial charge < -0.3 is 4.74 Å². The van der Waals surface area contributed by atoms with Gasteiger partial charge in [-0.15, -0.1) is 0 Å². The van der Waals surface area contributed by atoms with E-state index >= 15 is 0 Å². The number of hydrogen-bond donors (Lipinski definition) is 0. The Kier molecular flexibility index (Phi) is 4.50. The van der Waals surface area contributed by atoms with E-state index in [2.05, 4.69) is 15.9 Å². The number of halogens is 5. The van der Waals surface area contributed by atoms with Crippen LogP contribution in [0.1, 0.15) is 5.56 Å². The third-order valence-electron chi connectivity index (χ3n) is 1.88. The molecule has 0 aromatic heterocycles. The van der Waals surface area contributed by atoms with Gasteiger partial charge in [-0.05, 0) is 30.7 Å². The van der Waals surface area contributed by atoms with E-state index in [1.807, 2.05) is 0 Å². The van der Waals surface area contributed by atoms with Crippen molar-refractivity contribution in [2.24, 2.45) is 0 Å². The molecular weight excluding hydrogens is 308 g/mol. The number of rotatable bonds is 3. The zero-order valence-electron chi connectivity index (χ0n) is 8.31. The highest BCUT2D eigenvalue weighted by Crippen LogP contribution is 2.28. The minimum Gasteiger partial charge on any atom is -0.492 e. The van der Waals surface area contributed by atoms with Crippen LogP contribution in [0.2, 0.25) is 5.02 Å². The summed E-state index contributed by atoms with van der Waals surface area (Å²) in [6, 6.07) is 4.75. The summed E-state index contributed by atoms with van der Waals surface area (Å²) < 4.78 is 41.6. The van der Waals surface area contributed by atoms with Gasteiger partial charge in [-0.25, -0.2) is 0 Å². The van der Waals surface area contributed by atoms with Gasteiger partial charge in [-0.1, -0.05) is 27.5 Å². The van der Waals surface area contributed by atoms with Crippen LogP contribution in [0.3, 0.4) is 0 Å². The second kappa shape index (κ2) is 5.27. The molecule has 0 aliphatic heterocycles. The van der Waals surface area contributed by atoms with E-state index in [0.717, 1.165) is 0 Å². The van der Waals surface area contributed by atoms with Gasteiger partial charge in [0.1, 0.15) is 17.2 Å². The van der Waals surface area contributed by atoms with Crippen molar-refractivity contribution in [3.05, 3.63) is 28.8 Å². The molecule has 0 heterocycles. The Morgan fingerprint density at radius 3 is 2.56 bits per heavy atom. The number of hydrogen-bond acceptors (Lipinski definition) is 1. The van der Waals surface area contributed by atoms with Crippen LogP contribution in [0.5, 0.6) is 5.75 Å². The van der Waals surface area contributed by atoms with Crippen LogP contribution in [0.15, 0.2) is 18.2 Å². The van der Waals surface area contributed by atoms with Gasteiger partial charge in [0.2, 0.25) is 0 Å². The predicted octanol–water partition coefficient (Wildman–Crippen LogP) is 4.35. The Labute approximate surface area is 105 Å². The molecule has 0 fully saturated rings. The zero-order valence-corrected chi connectivity index (χ0v) is 10.7. The summed E-state index contributed by atoms with van der Waals surface area (Å²) in [4.78, 5) is -1.67. The van der Waals surface area contributed by atoms with Gasteiger partial charge in [-0.3, -0.25) is 0 Å². The molecule has 0 N–H and O–H groups in total. The van der Waals surface area contributed by atoms with Crippen LogP contribution in [-0.4, -0.2) is 17.6 Å².